The largest absolute Gasteiger partial charge is 1.00 e. The van der Waals surface area contributed by atoms with Crippen LogP contribution in [0.15, 0.2) is 36.1 Å². The molecule has 2 amide bonds. The molecule has 154 valence electrons. The van der Waals surface area contributed by atoms with Crippen LogP contribution >= 0.6 is 0 Å². The van der Waals surface area contributed by atoms with Crippen LogP contribution in [0.4, 0.5) is 5.69 Å². The van der Waals surface area contributed by atoms with Gasteiger partial charge in [0.25, 0.3) is 5.91 Å². The Hall–Kier alpha value is -2.05. The molecule has 1 unspecified atom stereocenters. The van der Waals surface area contributed by atoms with E-state index < -0.39 is 27.4 Å². The quantitative estimate of drug-likeness (QED) is 0.308. The maximum absolute atomic E-state index is 13.1. The smallest absolute Gasteiger partial charge is 0.746 e. The van der Waals surface area contributed by atoms with Crippen LogP contribution in [-0.4, -0.2) is 66.9 Å². The van der Waals surface area contributed by atoms with Gasteiger partial charge in [0.2, 0.25) is 12.7 Å². The first-order valence-corrected chi connectivity index (χ1v) is 10.2. The summed E-state index contributed by atoms with van der Waals surface area (Å²) in [4.78, 5) is 27.5. The zero-order valence-corrected chi connectivity index (χ0v) is 19.4. The standard InChI is InChI=1S/C18H19N3O7S.Na/c1-20(2)16(22)4-3-10-5-13-17(29(24,25)26)19-12-7-15-14(27-9-28-15)6-11(12)18(23)21(13)8-10;/h3-4,6-8,13,17,19H,5,9H2,1-2H3,(H,24,25,26);/q;+1/p-1/b4-3+;/t13-,17?;/m0./s1. The molecule has 0 aliphatic carbocycles. The van der Waals surface area contributed by atoms with E-state index in [1.807, 2.05) is 0 Å². The van der Waals surface area contributed by atoms with E-state index in [4.69, 9.17) is 9.47 Å². The average molecular weight is 443 g/mol. The van der Waals surface area contributed by atoms with Gasteiger partial charge in [-0.15, -0.1) is 0 Å². The number of allylic oxidation sites excluding steroid dienone is 1. The van der Waals surface area contributed by atoms with Crippen LogP contribution in [-0.2, 0) is 14.9 Å². The number of likely N-dealkylation sites (N-methyl/N-ethyl adjacent to an activating group) is 1. The summed E-state index contributed by atoms with van der Waals surface area (Å²) < 4.78 is 46.5. The summed E-state index contributed by atoms with van der Waals surface area (Å²) >= 11 is 0. The third kappa shape index (κ3) is 4.08. The molecule has 0 spiro atoms. The molecule has 3 aliphatic heterocycles. The maximum Gasteiger partial charge on any atom is 1.00 e. The molecule has 0 radical (unpaired) electrons. The van der Waals surface area contributed by atoms with E-state index in [2.05, 4.69) is 5.32 Å². The number of nitrogens with zero attached hydrogens (tertiary/aromatic N) is 2. The first-order chi connectivity index (χ1) is 13.6. The van der Waals surface area contributed by atoms with Crippen LogP contribution in [0, 0.1) is 0 Å². The van der Waals surface area contributed by atoms with Gasteiger partial charge in [-0.2, -0.15) is 0 Å². The molecule has 1 N–H and O–H groups in total. The fourth-order valence-electron chi connectivity index (χ4n) is 3.46. The summed E-state index contributed by atoms with van der Waals surface area (Å²) in [5.41, 5.74) is 0.904. The number of fused-ring (bicyclic) bond motifs is 3. The second-order valence-corrected chi connectivity index (χ2v) is 8.56. The van der Waals surface area contributed by atoms with Crippen molar-refractivity contribution in [2.45, 2.75) is 17.8 Å². The van der Waals surface area contributed by atoms with Crippen LogP contribution in [0.3, 0.4) is 0 Å². The minimum atomic E-state index is -4.81. The Morgan fingerprint density at radius 2 is 1.97 bits per heavy atom. The van der Waals surface area contributed by atoms with Gasteiger partial charge >= 0.3 is 29.6 Å². The first kappa shape index (κ1) is 22.6. The van der Waals surface area contributed by atoms with Crippen LogP contribution in [0.25, 0.3) is 0 Å². The number of rotatable bonds is 3. The van der Waals surface area contributed by atoms with E-state index in [-0.39, 0.29) is 59.9 Å². The summed E-state index contributed by atoms with van der Waals surface area (Å²) in [5, 5.41) is 1.13. The Labute approximate surface area is 195 Å². The van der Waals surface area contributed by atoms with E-state index in [0.29, 0.717) is 17.1 Å². The van der Waals surface area contributed by atoms with Gasteiger partial charge in [0.15, 0.2) is 11.5 Å². The number of ether oxygens (including phenoxy) is 2. The summed E-state index contributed by atoms with van der Waals surface area (Å²) in [6, 6.07) is 1.96. The molecule has 2 atom stereocenters. The Balaban J connectivity index is 0.00000256. The third-order valence-corrected chi connectivity index (χ3v) is 5.98. The number of hydrogen-bond acceptors (Lipinski definition) is 8. The fraction of sp³-hybridized carbons (Fsp3) is 0.333. The topological polar surface area (TPSA) is 128 Å². The van der Waals surface area contributed by atoms with Crippen molar-refractivity contribution in [3.8, 4) is 11.5 Å². The van der Waals surface area contributed by atoms with E-state index in [1.54, 1.807) is 14.1 Å². The van der Waals surface area contributed by atoms with Crippen molar-refractivity contribution in [1.29, 1.82) is 0 Å². The van der Waals surface area contributed by atoms with Gasteiger partial charge in [0.05, 0.1) is 17.3 Å². The molecular weight excluding hydrogens is 425 g/mol. The minimum Gasteiger partial charge on any atom is -0.746 e. The van der Waals surface area contributed by atoms with Gasteiger partial charge in [-0.3, -0.25) is 9.59 Å². The first-order valence-electron chi connectivity index (χ1n) is 8.73. The van der Waals surface area contributed by atoms with E-state index in [1.165, 1.54) is 40.3 Å². The minimum absolute atomic E-state index is 0. The zero-order valence-electron chi connectivity index (χ0n) is 16.6. The molecule has 3 aliphatic rings. The molecule has 0 bridgehead atoms. The molecule has 0 fully saturated rings. The number of carbonyl (C=O) groups excluding carboxylic acids is 2. The number of benzene rings is 1. The molecule has 1 aromatic rings. The number of nitrogens with one attached hydrogen (secondary N) is 1. The molecular formula is C18H18N3NaO7S. The maximum atomic E-state index is 13.1. The number of anilines is 1. The molecule has 1 aromatic carbocycles. The third-order valence-electron chi connectivity index (χ3n) is 4.92. The fourth-order valence-corrected chi connectivity index (χ4v) is 4.34. The van der Waals surface area contributed by atoms with Crippen molar-refractivity contribution in [1.82, 2.24) is 9.80 Å². The van der Waals surface area contributed by atoms with Crippen LogP contribution in [0.5, 0.6) is 11.5 Å². The number of amides is 2. The van der Waals surface area contributed by atoms with Crippen molar-refractivity contribution < 1.29 is 61.6 Å². The molecule has 4 rings (SSSR count). The second kappa shape index (κ2) is 8.23. The van der Waals surface area contributed by atoms with E-state index in [0.717, 1.165) is 0 Å². The summed E-state index contributed by atoms with van der Waals surface area (Å²) in [6.45, 7) is -0.0171. The molecule has 3 heterocycles. The van der Waals surface area contributed by atoms with Crippen molar-refractivity contribution in [2.24, 2.45) is 0 Å². The molecule has 10 nitrogen and oxygen atoms in total. The summed E-state index contributed by atoms with van der Waals surface area (Å²) in [6.07, 6.45) is 4.40. The van der Waals surface area contributed by atoms with Crippen LogP contribution in [0.1, 0.15) is 16.8 Å². The summed E-state index contributed by atoms with van der Waals surface area (Å²) in [5.74, 6) is -0.0268. The molecule has 0 saturated heterocycles. The van der Waals surface area contributed by atoms with Gasteiger partial charge in [-0.05, 0) is 18.1 Å². The average Bonchev–Trinajstić information content (AvgIpc) is 3.25. The number of hydrogen-bond donors (Lipinski definition) is 1. The van der Waals surface area contributed by atoms with Gasteiger partial charge in [0.1, 0.15) is 15.5 Å². The Morgan fingerprint density at radius 3 is 2.60 bits per heavy atom. The van der Waals surface area contributed by atoms with Gasteiger partial charge in [-0.25, -0.2) is 8.42 Å². The van der Waals surface area contributed by atoms with Crippen molar-refractivity contribution in [3.05, 3.63) is 41.6 Å². The monoisotopic (exact) mass is 443 g/mol. The Bertz CT molecular complexity index is 1070. The van der Waals surface area contributed by atoms with Crippen molar-refractivity contribution >= 4 is 27.6 Å². The van der Waals surface area contributed by atoms with E-state index in [9.17, 15) is 22.6 Å². The molecule has 30 heavy (non-hydrogen) atoms. The molecule has 12 heteroatoms. The Kier molecular flexibility index (Phi) is 6.21. The van der Waals surface area contributed by atoms with E-state index >= 15 is 0 Å². The predicted molar refractivity (Wildman–Crippen MR) is 100 cm³/mol. The van der Waals surface area contributed by atoms with Gasteiger partial charge in [0, 0.05) is 32.4 Å². The summed E-state index contributed by atoms with van der Waals surface area (Å²) in [7, 11) is -1.62. The Morgan fingerprint density at radius 1 is 1.30 bits per heavy atom. The number of carbonyl (C=O) groups is 2. The SMILES string of the molecule is CN(C)C(=O)/C=C/C1=CN2C(=O)c3cc4c(cc3NC(S(=O)(=O)[O-])[C@@H]2C1)OCO4.[Na+]. The normalized spacial score (nSPS) is 21.9. The van der Waals surface area contributed by atoms with Crippen LogP contribution in [0.2, 0.25) is 0 Å². The van der Waals surface area contributed by atoms with Gasteiger partial charge in [-0.1, -0.05) is 6.08 Å². The van der Waals surface area contributed by atoms with Crippen LogP contribution < -0.4 is 44.3 Å². The van der Waals surface area contributed by atoms with Gasteiger partial charge < -0.3 is 29.1 Å². The molecule has 0 aromatic heterocycles. The van der Waals surface area contributed by atoms with Crippen molar-refractivity contribution in [2.75, 3.05) is 26.2 Å². The molecule has 0 saturated carbocycles. The zero-order chi connectivity index (χ0) is 20.9. The van der Waals surface area contributed by atoms with Crippen molar-refractivity contribution in [3.63, 3.8) is 0 Å². The predicted octanol–water partition coefficient (Wildman–Crippen LogP) is -2.54. The second-order valence-electron chi connectivity index (χ2n) is 7.06.